The van der Waals surface area contributed by atoms with Crippen LogP contribution in [-0.2, 0) is 0 Å². The molecule has 0 nitrogen and oxygen atoms in total. The van der Waals surface area contributed by atoms with Gasteiger partial charge in [-0.25, -0.2) is 0 Å². The molecule has 0 radical (unpaired) electrons. The summed E-state index contributed by atoms with van der Waals surface area (Å²) in [7, 11) is 0. The minimum absolute atomic E-state index is 0.854. The van der Waals surface area contributed by atoms with Crippen LogP contribution in [0.3, 0.4) is 0 Å². The summed E-state index contributed by atoms with van der Waals surface area (Å²) >= 11 is 25.8. The number of hydrogen-bond donors (Lipinski definition) is 0. The lowest BCUT2D eigenvalue weighted by atomic mass is 10.4. The Morgan fingerprint density at radius 3 is 1.20 bits per heavy atom. The molecule has 0 fully saturated rings. The molecule has 0 aliphatic heterocycles. The highest BCUT2D eigenvalue weighted by Gasteiger charge is 2.15. The highest BCUT2D eigenvalue weighted by molar-refractivity contribution is 9.11. The van der Waals surface area contributed by atoms with Crippen LogP contribution in [0.1, 0.15) is 0 Å². The zero-order chi connectivity index (χ0) is 32.0. The van der Waals surface area contributed by atoms with Crippen molar-refractivity contribution in [2.75, 3.05) is 23.0 Å². The van der Waals surface area contributed by atoms with Crippen molar-refractivity contribution >= 4 is 134 Å². The molecule has 0 bridgehead atoms. The van der Waals surface area contributed by atoms with Gasteiger partial charge in [0.2, 0.25) is 0 Å². The topological polar surface area (TPSA) is 0 Å². The van der Waals surface area contributed by atoms with E-state index in [-0.39, 0.29) is 0 Å². The molecule has 4 rings (SSSR count). The summed E-state index contributed by atoms with van der Waals surface area (Å²) in [4.78, 5) is 9.70. The third-order valence-electron chi connectivity index (χ3n) is 5.67. The Balaban J connectivity index is 1.23. The summed E-state index contributed by atoms with van der Waals surface area (Å²) in [6, 6.07) is 26.2. The summed E-state index contributed by atoms with van der Waals surface area (Å²) in [5.41, 5.74) is 3.34. The van der Waals surface area contributed by atoms with E-state index in [2.05, 4.69) is 168 Å². The summed E-state index contributed by atoms with van der Waals surface area (Å²) in [6.07, 6.45) is 8.05. The van der Waals surface area contributed by atoms with Gasteiger partial charge in [-0.1, -0.05) is 35.7 Å². The molecule has 0 aliphatic rings. The van der Waals surface area contributed by atoms with E-state index >= 15 is 0 Å². The van der Waals surface area contributed by atoms with Gasteiger partial charge in [0.05, 0.1) is 0 Å². The largest absolute Gasteiger partial charge is 0.128 e. The normalized spacial score (nSPS) is 10.8. The van der Waals surface area contributed by atoms with Crippen LogP contribution < -0.4 is 0 Å². The lowest BCUT2D eigenvalue weighted by Crippen LogP contribution is -1.86. The van der Waals surface area contributed by atoms with Gasteiger partial charge >= 0.3 is 0 Å². The second-order valence-corrected chi connectivity index (χ2v) is 18.9. The minimum Gasteiger partial charge on any atom is -0.128 e. The van der Waals surface area contributed by atoms with Gasteiger partial charge < -0.3 is 0 Å². The Morgan fingerprint density at radius 1 is 0.467 bits per heavy atom. The Kier molecular flexibility index (Phi) is 17.1. The lowest BCUT2D eigenvalue weighted by Gasteiger charge is -2.13. The molecule has 0 atom stereocenters. The highest BCUT2D eigenvalue weighted by Crippen LogP contribution is 2.47. The van der Waals surface area contributed by atoms with Crippen LogP contribution in [0.4, 0.5) is 0 Å². The second kappa shape index (κ2) is 20.4. The van der Waals surface area contributed by atoms with Gasteiger partial charge in [0, 0.05) is 80.1 Å². The predicted octanol–water partition coefficient (Wildman–Crippen LogP) is 15.2. The molecule has 232 valence electrons. The monoisotopic (exact) mass is 956 g/mol. The zero-order valence-electron chi connectivity index (χ0n) is 23.9. The molecule has 0 aromatic heterocycles. The van der Waals surface area contributed by atoms with Gasteiger partial charge in [-0.05, 0) is 149 Å². The number of hydrogen-bond acceptors (Lipinski definition) is 6. The molecule has 0 N–H and O–H groups in total. The lowest BCUT2D eigenvalue weighted by molar-refractivity contribution is 1.23. The van der Waals surface area contributed by atoms with E-state index in [0.29, 0.717) is 0 Å². The highest BCUT2D eigenvalue weighted by atomic mass is 79.9. The predicted molar refractivity (Wildman–Crippen MR) is 221 cm³/mol. The van der Waals surface area contributed by atoms with Crippen molar-refractivity contribution in [3.63, 3.8) is 0 Å². The average Bonchev–Trinajstić information content (AvgIpc) is 3.02. The SMILES string of the molecule is C=CCSc1ccc(Sc2ccc(SCC=C=CCSc3cc(Br)c(Sc4c(Br)cc(SCC=C)cc4Br)c(Br)c3)cc2)cc1. The van der Waals surface area contributed by atoms with Gasteiger partial charge in [0.25, 0.3) is 0 Å². The van der Waals surface area contributed by atoms with Crippen molar-refractivity contribution in [1.29, 1.82) is 0 Å². The standard InChI is InChI=1S/C35H28Br4S6/c1-3-16-40-24-8-12-26(13-9-24)44-27-14-10-25(11-15-27)42-18-6-5-7-19-43-29-22-32(38)35(33(39)23-29)45-34-30(36)20-28(21-31(34)37)41-17-4-2/h3-4,6-15,20-23H,1-2,16-19H2. The van der Waals surface area contributed by atoms with E-state index in [1.165, 1.54) is 29.4 Å². The van der Waals surface area contributed by atoms with Crippen LogP contribution in [0.2, 0.25) is 0 Å². The third-order valence-corrected chi connectivity index (χ3v) is 15.3. The first-order chi connectivity index (χ1) is 21.9. The molecule has 0 saturated carbocycles. The molecule has 0 unspecified atom stereocenters. The van der Waals surface area contributed by atoms with Crippen LogP contribution in [0, 0.1) is 0 Å². The quantitative estimate of drug-likeness (QED) is 0.0619. The van der Waals surface area contributed by atoms with Crippen molar-refractivity contribution in [2.24, 2.45) is 0 Å². The Morgan fingerprint density at radius 2 is 0.800 bits per heavy atom. The molecular formula is C35H28Br4S6. The zero-order valence-corrected chi connectivity index (χ0v) is 35.2. The fraction of sp³-hybridized carbons (Fsp3) is 0.114. The summed E-state index contributed by atoms with van der Waals surface area (Å²) < 4.78 is 4.25. The van der Waals surface area contributed by atoms with E-state index in [1.54, 1.807) is 58.8 Å². The van der Waals surface area contributed by atoms with Crippen LogP contribution in [0.5, 0.6) is 0 Å². The Bertz CT molecular complexity index is 1620. The van der Waals surface area contributed by atoms with Gasteiger partial charge in [-0.15, -0.1) is 65.9 Å². The number of thioether (sulfide) groups is 4. The maximum atomic E-state index is 3.81. The van der Waals surface area contributed by atoms with E-state index in [4.69, 9.17) is 0 Å². The van der Waals surface area contributed by atoms with Crippen LogP contribution in [-0.4, -0.2) is 23.0 Å². The second-order valence-electron chi connectivity index (χ2n) is 8.98. The van der Waals surface area contributed by atoms with Gasteiger partial charge in [-0.2, -0.15) is 0 Å². The summed E-state index contributed by atoms with van der Waals surface area (Å²) in [6.45, 7) is 7.60. The fourth-order valence-corrected chi connectivity index (χ4v) is 12.1. The first-order valence-corrected chi connectivity index (χ1v) is 22.3. The van der Waals surface area contributed by atoms with Crippen LogP contribution in [0.25, 0.3) is 0 Å². The van der Waals surface area contributed by atoms with Gasteiger partial charge in [0.1, 0.15) is 0 Å². The van der Waals surface area contributed by atoms with Crippen molar-refractivity contribution < 1.29 is 0 Å². The van der Waals surface area contributed by atoms with Gasteiger partial charge in [-0.3, -0.25) is 0 Å². The first kappa shape index (κ1) is 37.7. The summed E-state index contributed by atoms with van der Waals surface area (Å²) in [5, 5.41) is 0. The third kappa shape index (κ3) is 12.7. The fourth-order valence-electron chi connectivity index (χ4n) is 3.65. The van der Waals surface area contributed by atoms with E-state index in [9.17, 15) is 0 Å². The Hall–Kier alpha value is -0.100. The minimum atomic E-state index is 0.854. The summed E-state index contributed by atoms with van der Waals surface area (Å²) in [5.74, 6) is 3.56. The smallest absolute Gasteiger partial charge is 0.0408 e. The van der Waals surface area contributed by atoms with Crippen molar-refractivity contribution in [3.05, 3.63) is 134 Å². The van der Waals surface area contributed by atoms with Crippen LogP contribution in [0.15, 0.2) is 173 Å². The van der Waals surface area contributed by atoms with Crippen molar-refractivity contribution in [2.45, 2.75) is 39.2 Å². The van der Waals surface area contributed by atoms with Crippen molar-refractivity contribution in [1.82, 2.24) is 0 Å². The first-order valence-electron chi connectivity index (χ1n) is 13.5. The molecular weight excluding hydrogens is 932 g/mol. The molecule has 10 heteroatoms. The number of benzene rings is 4. The molecule has 0 aliphatic carbocycles. The van der Waals surface area contributed by atoms with E-state index in [0.717, 1.165) is 50.7 Å². The molecule has 45 heavy (non-hydrogen) atoms. The number of rotatable bonds is 16. The maximum Gasteiger partial charge on any atom is 0.0408 e. The molecule has 0 heterocycles. The maximum absolute atomic E-state index is 3.81. The molecule has 0 amide bonds. The van der Waals surface area contributed by atoms with E-state index in [1.807, 2.05) is 23.9 Å². The number of halogens is 4. The van der Waals surface area contributed by atoms with Crippen molar-refractivity contribution in [3.8, 4) is 0 Å². The Labute approximate surface area is 326 Å². The van der Waals surface area contributed by atoms with Gasteiger partial charge in [0.15, 0.2) is 0 Å². The molecule has 0 saturated heterocycles. The molecule has 4 aromatic rings. The average molecular weight is 961 g/mol. The molecule has 0 spiro atoms. The molecule has 4 aromatic carbocycles. The van der Waals surface area contributed by atoms with E-state index < -0.39 is 0 Å². The van der Waals surface area contributed by atoms with Crippen LogP contribution >= 0.6 is 134 Å².